The molecular weight excluding hydrogens is 533 g/mol. The van der Waals surface area contributed by atoms with Crippen LogP contribution in [0.5, 0.6) is 11.5 Å². The fourth-order valence-corrected chi connectivity index (χ4v) is 5.65. The summed E-state index contributed by atoms with van der Waals surface area (Å²) in [7, 11) is -3.02. The number of carbonyl (C=O) groups is 1. The maximum absolute atomic E-state index is 14.7. The Hall–Kier alpha value is -3.59. The van der Waals surface area contributed by atoms with Crippen molar-refractivity contribution >= 4 is 21.5 Å². The van der Waals surface area contributed by atoms with Crippen molar-refractivity contribution in [3.05, 3.63) is 76.6 Å². The van der Waals surface area contributed by atoms with Crippen LogP contribution in [0.1, 0.15) is 55.0 Å². The number of carboxylic acids is 1. The van der Waals surface area contributed by atoms with E-state index in [1.54, 1.807) is 6.07 Å². The van der Waals surface area contributed by atoms with Gasteiger partial charge in [-0.05, 0) is 83.3 Å². The number of anilines is 1. The van der Waals surface area contributed by atoms with Gasteiger partial charge in [-0.2, -0.15) is 0 Å². The maximum Gasteiger partial charge on any atom is 0.303 e. The second kappa shape index (κ2) is 12.7. The number of ether oxygens (including phenoxy) is 2. The number of nitrogens with one attached hydrogen (secondary N) is 1. The van der Waals surface area contributed by atoms with Crippen LogP contribution in [0.2, 0.25) is 0 Å². The number of aryl methyl sites for hydroxylation is 3. The molecule has 1 atom stereocenters. The minimum atomic E-state index is -3.02. The van der Waals surface area contributed by atoms with E-state index in [1.165, 1.54) is 12.3 Å². The lowest BCUT2D eigenvalue weighted by Crippen LogP contribution is -2.24. The molecule has 1 heterocycles. The largest absolute Gasteiger partial charge is 0.494 e. The Kier molecular flexibility index (Phi) is 9.35. The molecule has 0 aliphatic carbocycles. The topological polar surface area (TPSA) is 102 Å². The number of benzene rings is 3. The van der Waals surface area contributed by atoms with Crippen LogP contribution in [-0.2, 0) is 33.9 Å². The average Bonchev–Trinajstić information content (AvgIpc) is 2.92. The molecule has 0 amide bonds. The van der Waals surface area contributed by atoms with Crippen LogP contribution in [0.4, 0.5) is 10.1 Å². The van der Waals surface area contributed by atoms with E-state index in [0.29, 0.717) is 36.6 Å². The summed E-state index contributed by atoms with van der Waals surface area (Å²) in [6.45, 7) is 4.89. The van der Waals surface area contributed by atoms with Gasteiger partial charge in [-0.25, -0.2) is 12.8 Å². The number of sulfone groups is 1. The highest BCUT2D eigenvalue weighted by Crippen LogP contribution is 2.38. The molecule has 0 saturated heterocycles. The molecule has 7 nitrogen and oxygen atoms in total. The second-order valence-electron chi connectivity index (χ2n) is 10.1. The molecule has 40 heavy (non-hydrogen) atoms. The molecule has 9 heteroatoms. The Bertz CT molecular complexity index is 1460. The van der Waals surface area contributed by atoms with E-state index in [4.69, 9.17) is 14.6 Å². The van der Waals surface area contributed by atoms with E-state index in [1.807, 2.05) is 24.3 Å². The highest BCUT2D eigenvalue weighted by atomic mass is 32.2. The van der Waals surface area contributed by atoms with Crippen LogP contribution in [0.25, 0.3) is 11.1 Å². The molecule has 1 aliphatic rings. The number of halogens is 1. The van der Waals surface area contributed by atoms with Gasteiger partial charge in [-0.3, -0.25) is 4.79 Å². The Morgan fingerprint density at radius 3 is 2.48 bits per heavy atom. The lowest BCUT2D eigenvalue weighted by Gasteiger charge is -2.29. The van der Waals surface area contributed by atoms with Crippen molar-refractivity contribution in [1.82, 2.24) is 0 Å². The first-order valence-corrected chi connectivity index (χ1v) is 15.6. The van der Waals surface area contributed by atoms with Crippen molar-refractivity contribution in [3.63, 3.8) is 0 Å². The molecule has 214 valence electrons. The number of hydrogen-bond donors (Lipinski definition) is 2. The third-order valence-corrected chi connectivity index (χ3v) is 8.07. The van der Waals surface area contributed by atoms with Crippen molar-refractivity contribution < 1.29 is 32.2 Å². The normalized spacial score (nSPS) is 14.7. The predicted molar refractivity (Wildman–Crippen MR) is 155 cm³/mol. The van der Waals surface area contributed by atoms with E-state index in [9.17, 15) is 17.6 Å². The minimum absolute atomic E-state index is 0.0983. The monoisotopic (exact) mass is 569 g/mol. The van der Waals surface area contributed by atoms with Gasteiger partial charge >= 0.3 is 5.97 Å². The van der Waals surface area contributed by atoms with E-state index < -0.39 is 21.6 Å². The third-order valence-electron chi connectivity index (χ3n) is 7.03. The van der Waals surface area contributed by atoms with Crippen molar-refractivity contribution in [2.45, 2.75) is 52.0 Å². The highest BCUT2D eigenvalue weighted by Gasteiger charge is 2.23. The standard InChI is InChI=1S/C31H36FNO6S/c1-4-20-15-25(38-12-7-13-40(3,36)37)16-21(5-2)31(20)24-9-6-8-23(14-24)28-19-39-29-17-22(10-11-30(34)35)26(32)18-27(29)33-28/h6,8-9,14-18,28,33H,4-5,7,10-13,19H2,1-3H3,(H,34,35). The van der Waals surface area contributed by atoms with Gasteiger partial charge in [-0.15, -0.1) is 0 Å². The molecule has 0 saturated carbocycles. The number of rotatable bonds is 12. The fourth-order valence-electron chi connectivity index (χ4n) is 5.01. The van der Waals surface area contributed by atoms with Gasteiger partial charge in [-0.1, -0.05) is 32.0 Å². The van der Waals surface area contributed by atoms with Crippen LogP contribution in [0.15, 0.2) is 48.5 Å². The molecule has 0 fully saturated rings. The van der Waals surface area contributed by atoms with E-state index in [2.05, 4.69) is 31.3 Å². The quantitative estimate of drug-likeness (QED) is 0.258. The Labute approximate surface area is 235 Å². The van der Waals surface area contributed by atoms with Gasteiger partial charge in [0.2, 0.25) is 0 Å². The van der Waals surface area contributed by atoms with Crippen LogP contribution in [0, 0.1) is 5.82 Å². The van der Waals surface area contributed by atoms with Crippen LogP contribution in [-0.4, -0.2) is 44.7 Å². The summed E-state index contributed by atoms with van der Waals surface area (Å²) in [6, 6.07) is 15.1. The van der Waals surface area contributed by atoms with Gasteiger partial charge in [0.05, 0.1) is 24.1 Å². The number of hydrogen-bond acceptors (Lipinski definition) is 6. The van der Waals surface area contributed by atoms with Gasteiger partial charge in [0.1, 0.15) is 33.8 Å². The molecule has 0 radical (unpaired) electrons. The summed E-state index contributed by atoms with van der Waals surface area (Å²) >= 11 is 0. The molecule has 1 unspecified atom stereocenters. The molecule has 0 spiro atoms. The molecular formula is C31H36FNO6S. The summed E-state index contributed by atoms with van der Waals surface area (Å²) in [5.74, 6) is -0.0700. The SMILES string of the molecule is CCc1cc(OCCCS(C)(=O)=O)cc(CC)c1-c1cccc(C2COc3cc(CCC(=O)O)c(F)cc3N2)c1. The Morgan fingerprint density at radius 1 is 1.10 bits per heavy atom. The van der Waals surface area contributed by atoms with E-state index in [0.717, 1.165) is 46.4 Å². The lowest BCUT2D eigenvalue weighted by molar-refractivity contribution is -0.136. The Morgan fingerprint density at radius 2 is 1.82 bits per heavy atom. The molecule has 3 aromatic rings. The summed E-state index contributed by atoms with van der Waals surface area (Å²) in [5.41, 5.74) is 6.37. The number of fused-ring (bicyclic) bond motifs is 1. The Balaban J connectivity index is 1.56. The first kappa shape index (κ1) is 29.4. The number of aliphatic carboxylic acids is 1. The van der Waals surface area contributed by atoms with Crippen LogP contribution in [0.3, 0.4) is 0 Å². The van der Waals surface area contributed by atoms with Gasteiger partial charge in [0.15, 0.2) is 0 Å². The summed E-state index contributed by atoms with van der Waals surface area (Å²) in [4.78, 5) is 10.9. The van der Waals surface area contributed by atoms with E-state index >= 15 is 0 Å². The van der Waals surface area contributed by atoms with Crippen molar-refractivity contribution in [2.24, 2.45) is 0 Å². The van der Waals surface area contributed by atoms with E-state index in [-0.39, 0.29) is 24.6 Å². The summed E-state index contributed by atoms with van der Waals surface area (Å²) < 4.78 is 49.4. The second-order valence-corrected chi connectivity index (χ2v) is 12.4. The average molecular weight is 570 g/mol. The molecule has 2 N–H and O–H groups in total. The van der Waals surface area contributed by atoms with Crippen LogP contribution < -0.4 is 14.8 Å². The van der Waals surface area contributed by atoms with Crippen molar-refractivity contribution in [3.8, 4) is 22.6 Å². The molecule has 0 aromatic heterocycles. The smallest absolute Gasteiger partial charge is 0.303 e. The maximum atomic E-state index is 14.7. The first-order chi connectivity index (χ1) is 19.1. The first-order valence-electron chi connectivity index (χ1n) is 13.6. The number of carboxylic acid groups (broad SMARTS) is 1. The molecule has 1 aliphatic heterocycles. The highest BCUT2D eigenvalue weighted by molar-refractivity contribution is 7.90. The molecule has 3 aromatic carbocycles. The van der Waals surface area contributed by atoms with Crippen molar-refractivity contribution in [2.75, 3.05) is 30.5 Å². The van der Waals surface area contributed by atoms with Gasteiger partial charge in [0, 0.05) is 18.7 Å². The summed E-state index contributed by atoms with van der Waals surface area (Å²) in [6.07, 6.45) is 3.23. The summed E-state index contributed by atoms with van der Waals surface area (Å²) in [5, 5.41) is 12.3. The van der Waals surface area contributed by atoms with Crippen molar-refractivity contribution in [1.29, 1.82) is 0 Å². The van der Waals surface area contributed by atoms with Crippen LogP contribution >= 0.6 is 0 Å². The fraction of sp³-hybridized carbons (Fsp3) is 0.387. The third kappa shape index (κ3) is 7.33. The zero-order valence-corrected chi connectivity index (χ0v) is 23.9. The zero-order chi connectivity index (χ0) is 28.9. The zero-order valence-electron chi connectivity index (χ0n) is 23.1. The molecule has 4 rings (SSSR count). The van der Waals surface area contributed by atoms with Gasteiger partial charge < -0.3 is 19.9 Å². The minimum Gasteiger partial charge on any atom is -0.494 e. The predicted octanol–water partition coefficient (Wildman–Crippen LogP) is 5.99. The molecule has 0 bridgehead atoms. The lowest BCUT2D eigenvalue weighted by atomic mass is 9.89. The van der Waals surface area contributed by atoms with Gasteiger partial charge in [0.25, 0.3) is 0 Å².